The predicted octanol–water partition coefficient (Wildman–Crippen LogP) is 2.92. The monoisotopic (exact) mass is 408 g/mol. The lowest BCUT2D eigenvalue weighted by atomic mass is 10.1. The molecule has 0 amide bonds. The lowest BCUT2D eigenvalue weighted by Gasteiger charge is -2.19. The van der Waals surface area contributed by atoms with E-state index in [-0.39, 0.29) is 5.56 Å². The molecule has 0 bridgehead atoms. The van der Waals surface area contributed by atoms with Crippen LogP contribution in [0.1, 0.15) is 27.2 Å². The van der Waals surface area contributed by atoms with E-state index in [4.69, 9.17) is 4.74 Å². The fourth-order valence-electron chi connectivity index (χ4n) is 2.82. The van der Waals surface area contributed by atoms with Gasteiger partial charge in [-0.15, -0.1) is 0 Å². The zero-order valence-corrected chi connectivity index (χ0v) is 17.2. The largest absolute Gasteiger partial charge is 0.545 e. The van der Waals surface area contributed by atoms with Crippen molar-refractivity contribution in [2.45, 2.75) is 24.1 Å². The van der Waals surface area contributed by atoms with Gasteiger partial charge in [0.15, 0.2) is 5.16 Å². The Hall–Kier alpha value is -2.90. The Kier molecular flexibility index (Phi) is 7.21. The minimum Gasteiger partial charge on any atom is -0.545 e. The summed E-state index contributed by atoms with van der Waals surface area (Å²) in [7, 11) is 3.62. The maximum atomic E-state index is 11.1. The second-order valence-corrected chi connectivity index (χ2v) is 7.49. The Morgan fingerprint density at radius 3 is 2.55 bits per heavy atom. The minimum absolute atomic E-state index is 0.167. The number of nitrogens with zero attached hydrogens (tertiary/aromatic N) is 3. The summed E-state index contributed by atoms with van der Waals surface area (Å²) in [4.78, 5) is 22.4. The summed E-state index contributed by atoms with van der Waals surface area (Å²) in [6.07, 6.45) is 0. The number of thioether (sulfide) groups is 1. The van der Waals surface area contributed by atoms with Crippen molar-refractivity contribution in [3.8, 4) is 0 Å². The first-order valence-corrected chi connectivity index (χ1v) is 10.1. The number of carbonyl (C=O) groups excluding carboxylic acids is 1. The number of benzene rings is 2. The van der Waals surface area contributed by atoms with Crippen LogP contribution in [0.25, 0.3) is 0 Å². The van der Waals surface area contributed by atoms with E-state index < -0.39 is 5.97 Å². The van der Waals surface area contributed by atoms with E-state index in [1.807, 2.05) is 37.4 Å². The number of methoxy groups -OCH3 is 1. The van der Waals surface area contributed by atoms with Gasteiger partial charge in [-0.25, -0.2) is 9.97 Å². The van der Waals surface area contributed by atoms with Gasteiger partial charge in [0.25, 0.3) is 0 Å². The fourth-order valence-corrected chi connectivity index (χ4v) is 3.63. The Labute approximate surface area is 174 Å². The van der Waals surface area contributed by atoms with Crippen LogP contribution < -0.4 is 10.0 Å². The normalized spacial score (nSPS) is 10.7. The number of hydrogen-bond acceptors (Lipinski definition) is 7. The average molecular weight is 409 g/mol. The lowest BCUT2D eigenvalue weighted by molar-refractivity contribution is -0.255. The highest BCUT2D eigenvalue weighted by molar-refractivity contribution is 7.98. The predicted molar refractivity (Wildman–Crippen MR) is 112 cm³/mol. The van der Waals surface area contributed by atoms with Gasteiger partial charge >= 0.3 is 0 Å². The van der Waals surface area contributed by atoms with Gasteiger partial charge in [-0.2, -0.15) is 0 Å². The molecule has 2 aromatic carbocycles. The highest BCUT2D eigenvalue weighted by Gasteiger charge is 2.10. The molecule has 0 fully saturated rings. The van der Waals surface area contributed by atoms with Gasteiger partial charge in [0.1, 0.15) is 5.82 Å². The molecule has 1 aromatic heterocycles. The molecule has 0 N–H and O–H groups in total. The molecule has 0 spiro atoms. The summed E-state index contributed by atoms with van der Waals surface area (Å²) in [5.41, 5.74) is 3.02. The summed E-state index contributed by atoms with van der Waals surface area (Å²) < 4.78 is 5.25. The number of carboxylic acids is 1. The highest BCUT2D eigenvalue weighted by atomic mass is 32.2. The number of carbonyl (C=O) groups is 1. The van der Waals surface area contributed by atoms with Gasteiger partial charge in [0.2, 0.25) is 0 Å². The summed E-state index contributed by atoms with van der Waals surface area (Å²) in [5.74, 6) is 0.182. The van der Waals surface area contributed by atoms with Crippen molar-refractivity contribution in [3.63, 3.8) is 0 Å². The number of aromatic carboxylic acids is 1. The maximum Gasteiger partial charge on any atom is 0.190 e. The second-order valence-electron chi connectivity index (χ2n) is 6.55. The van der Waals surface area contributed by atoms with Gasteiger partial charge in [-0.05, 0) is 22.8 Å². The Morgan fingerprint density at radius 2 is 1.83 bits per heavy atom. The van der Waals surface area contributed by atoms with Gasteiger partial charge in [-0.3, -0.25) is 0 Å². The van der Waals surface area contributed by atoms with Crippen LogP contribution in [-0.4, -0.2) is 30.1 Å². The molecule has 3 aromatic rings. The summed E-state index contributed by atoms with van der Waals surface area (Å²) >= 11 is 1.45. The molecule has 0 aliphatic carbocycles. The third-order valence-corrected chi connectivity index (χ3v) is 5.14. The molecule has 150 valence electrons. The first kappa shape index (κ1) is 20.8. The fraction of sp³-hybridized carbons (Fsp3) is 0.227. The number of ether oxygens (including phenoxy) is 1. The van der Waals surface area contributed by atoms with Crippen molar-refractivity contribution < 1.29 is 14.6 Å². The highest BCUT2D eigenvalue weighted by Crippen LogP contribution is 2.24. The molecule has 6 nitrogen and oxygen atoms in total. The second kappa shape index (κ2) is 10.0. The molecule has 7 heteroatoms. The van der Waals surface area contributed by atoms with Crippen LogP contribution in [0.5, 0.6) is 0 Å². The zero-order chi connectivity index (χ0) is 20.6. The Balaban J connectivity index is 1.77. The molecule has 0 radical (unpaired) electrons. The van der Waals surface area contributed by atoms with E-state index in [2.05, 4.69) is 27.0 Å². The van der Waals surface area contributed by atoms with Crippen molar-refractivity contribution in [2.75, 3.05) is 19.1 Å². The molecule has 0 saturated carbocycles. The first-order chi connectivity index (χ1) is 14.0. The van der Waals surface area contributed by atoms with Crippen molar-refractivity contribution in [2.24, 2.45) is 0 Å². The average Bonchev–Trinajstić information content (AvgIpc) is 2.73. The molecule has 0 atom stereocenters. The van der Waals surface area contributed by atoms with E-state index in [0.717, 1.165) is 23.6 Å². The summed E-state index contributed by atoms with van der Waals surface area (Å²) in [5, 5.41) is 11.7. The van der Waals surface area contributed by atoms with Crippen molar-refractivity contribution in [3.05, 3.63) is 83.0 Å². The number of carboxylic acid groups (broad SMARTS) is 1. The summed E-state index contributed by atoms with van der Waals surface area (Å²) in [6, 6.07) is 18.8. The molecule has 0 aliphatic rings. The molecular formula is C22H22N3O3S-. The standard InChI is InChI=1S/C22H23N3O3S/c1-25(13-16-7-4-3-5-8-16)20-12-19(14-28-2)23-22(24-20)29-15-17-9-6-10-18(11-17)21(26)27/h3-12H,13-15H2,1-2H3,(H,26,27)/p-1. The van der Waals surface area contributed by atoms with E-state index in [9.17, 15) is 9.90 Å². The van der Waals surface area contributed by atoms with E-state index in [0.29, 0.717) is 17.5 Å². The molecule has 1 heterocycles. The third kappa shape index (κ3) is 6.04. The number of hydrogen-bond donors (Lipinski definition) is 0. The van der Waals surface area contributed by atoms with Gasteiger partial charge < -0.3 is 19.5 Å². The maximum absolute atomic E-state index is 11.1. The first-order valence-electron chi connectivity index (χ1n) is 9.10. The van der Waals surface area contributed by atoms with Crippen LogP contribution in [0.3, 0.4) is 0 Å². The smallest absolute Gasteiger partial charge is 0.190 e. The van der Waals surface area contributed by atoms with Crippen LogP contribution in [0, 0.1) is 0 Å². The SMILES string of the molecule is COCc1cc(N(C)Cc2ccccc2)nc(SCc2cccc(C(=O)[O-])c2)n1. The van der Waals surface area contributed by atoms with Crippen LogP contribution >= 0.6 is 11.8 Å². The van der Waals surface area contributed by atoms with Crippen molar-refractivity contribution in [1.82, 2.24) is 9.97 Å². The Bertz CT molecular complexity index is 967. The molecule has 0 saturated heterocycles. The number of anilines is 1. The van der Waals surface area contributed by atoms with Gasteiger partial charge in [-0.1, -0.05) is 60.3 Å². The summed E-state index contributed by atoms with van der Waals surface area (Å²) in [6.45, 7) is 1.12. The van der Waals surface area contributed by atoms with E-state index in [1.54, 1.807) is 19.2 Å². The molecular weight excluding hydrogens is 386 g/mol. The Morgan fingerprint density at radius 1 is 1.07 bits per heavy atom. The van der Waals surface area contributed by atoms with Crippen LogP contribution in [0.2, 0.25) is 0 Å². The van der Waals surface area contributed by atoms with Crippen LogP contribution in [0.4, 0.5) is 5.82 Å². The molecule has 3 rings (SSSR count). The molecule has 0 aliphatic heterocycles. The number of aromatic nitrogens is 2. The molecule has 0 unspecified atom stereocenters. The zero-order valence-electron chi connectivity index (χ0n) is 16.4. The van der Waals surface area contributed by atoms with Crippen LogP contribution in [0.15, 0.2) is 65.8 Å². The van der Waals surface area contributed by atoms with E-state index in [1.165, 1.54) is 23.4 Å². The minimum atomic E-state index is -1.18. The quantitative estimate of drug-likeness (QED) is 0.398. The van der Waals surface area contributed by atoms with Crippen molar-refractivity contribution in [1.29, 1.82) is 0 Å². The molecule has 29 heavy (non-hydrogen) atoms. The lowest BCUT2D eigenvalue weighted by Crippen LogP contribution is -2.22. The van der Waals surface area contributed by atoms with Crippen molar-refractivity contribution >= 4 is 23.5 Å². The third-order valence-electron chi connectivity index (χ3n) is 4.22. The van der Waals surface area contributed by atoms with Crippen LogP contribution in [-0.2, 0) is 23.6 Å². The van der Waals surface area contributed by atoms with Gasteiger partial charge in [0, 0.05) is 32.5 Å². The number of rotatable bonds is 9. The van der Waals surface area contributed by atoms with Gasteiger partial charge in [0.05, 0.1) is 18.3 Å². The topological polar surface area (TPSA) is 78.4 Å². The van der Waals surface area contributed by atoms with E-state index >= 15 is 0 Å².